The predicted octanol–water partition coefficient (Wildman–Crippen LogP) is 5.44. The summed E-state index contributed by atoms with van der Waals surface area (Å²) in [5.41, 5.74) is -1.81. The van der Waals surface area contributed by atoms with Crippen molar-refractivity contribution < 1.29 is 32.2 Å². The summed E-state index contributed by atoms with van der Waals surface area (Å²) in [5, 5.41) is 10.1. The van der Waals surface area contributed by atoms with Gasteiger partial charge in [-0.25, -0.2) is 13.2 Å². The number of carboxylic acids is 1. The number of ether oxygens (including phenoxy) is 1. The highest BCUT2D eigenvalue weighted by atomic mass is 35.5. The van der Waals surface area contributed by atoms with Gasteiger partial charge in [-0.05, 0) is 24.6 Å². The molecule has 0 saturated carbocycles. The number of hydrogen-bond acceptors (Lipinski definition) is 2. The van der Waals surface area contributed by atoms with Crippen molar-refractivity contribution in [2.75, 3.05) is 6.61 Å². The van der Waals surface area contributed by atoms with E-state index in [1.807, 2.05) is 0 Å². The fraction of sp³-hybridized carbons (Fsp3) is 0.316. The van der Waals surface area contributed by atoms with Crippen LogP contribution < -0.4 is 4.74 Å². The summed E-state index contributed by atoms with van der Waals surface area (Å²) in [6, 6.07) is 6.05. The highest BCUT2D eigenvalue weighted by Gasteiger charge is 2.44. The summed E-state index contributed by atoms with van der Waals surface area (Å²) >= 11 is 5.83. The van der Waals surface area contributed by atoms with Crippen molar-refractivity contribution in [2.24, 2.45) is 0 Å². The van der Waals surface area contributed by atoms with Crippen LogP contribution in [0.1, 0.15) is 37.8 Å². The van der Waals surface area contributed by atoms with Crippen LogP contribution in [0.15, 0.2) is 24.3 Å². The second-order valence-corrected chi connectivity index (χ2v) is 6.87. The number of aliphatic carboxylic acids is 1. The summed E-state index contributed by atoms with van der Waals surface area (Å²) < 4.78 is 61.3. The molecule has 8 heteroatoms. The summed E-state index contributed by atoms with van der Waals surface area (Å²) in [6.07, 6.45) is 0. The van der Waals surface area contributed by atoms with Gasteiger partial charge in [0.2, 0.25) is 11.6 Å². The molecule has 0 aliphatic heterocycles. The monoisotopic (exact) mass is 404 g/mol. The first kappa shape index (κ1) is 21.0. The van der Waals surface area contributed by atoms with E-state index in [0.29, 0.717) is 10.6 Å². The molecule has 146 valence electrons. The van der Waals surface area contributed by atoms with Gasteiger partial charge in [-0.1, -0.05) is 37.6 Å². The van der Waals surface area contributed by atoms with Crippen LogP contribution in [0.2, 0.25) is 5.02 Å². The van der Waals surface area contributed by atoms with Crippen LogP contribution in [0.4, 0.5) is 17.6 Å². The Kier molecular flexibility index (Phi) is 6.04. The number of carbonyl (C=O) groups is 1. The Labute approximate surface area is 158 Å². The summed E-state index contributed by atoms with van der Waals surface area (Å²) in [6.45, 7) is 4.14. The van der Waals surface area contributed by atoms with Gasteiger partial charge >= 0.3 is 5.97 Å². The normalized spacial score (nSPS) is 12.7. The standard InChI is InChI=1S/C19H17ClF4O3/c1-4-27-17-11(13(21)14(22)15(23)16(17)24)12(18(25)26)19(2,3)9-5-7-10(20)8-6-9/h5-8,12H,4H2,1-3H3,(H,25,26). The van der Waals surface area contributed by atoms with Crippen LogP contribution >= 0.6 is 11.6 Å². The van der Waals surface area contributed by atoms with E-state index in [1.165, 1.54) is 45.0 Å². The summed E-state index contributed by atoms with van der Waals surface area (Å²) in [5.74, 6) is -12.0. The van der Waals surface area contributed by atoms with Crippen molar-refractivity contribution in [3.63, 3.8) is 0 Å². The molecule has 27 heavy (non-hydrogen) atoms. The second kappa shape index (κ2) is 7.76. The first-order chi connectivity index (χ1) is 12.5. The highest BCUT2D eigenvalue weighted by Crippen LogP contribution is 2.45. The Bertz CT molecular complexity index is 866. The predicted molar refractivity (Wildman–Crippen MR) is 92.3 cm³/mol. The van der Waals surface area contributed by atoms with E-state index in [1.54, 1.807) is 0 Å². The Balaban J connectivity index is 2.81. The molecular formula is C19H17ClF4O3. The Morgan fingerprint density at radius 2 is 1.59 bits per heavy atom. The van der Waals surface area contributed by atoms with Gasteiger partial charge in [0.15, 0.2) is 17.4 Å². The SMILES string of the molecule is CCOc1c(F)c(F)c(F)c(F)c1C(C(=O)O)C(C)(C)c1ccc(Cl)cc1. The Hall–Kier alpha value is -2.28. The van der Waals surface area contributed by atoms with Crippen molar-refractivity contribution in [3.05, 3.63) is 63.7 Å². The van der Waals surface area contributed by atoms with Crippen LogP contribution in [-0.2, 0) is 10.2 Å². The molecule has 0 aliphatic rings. The molecule has 1 N–H and O–H groups in total. The van der Waals surface area contributed by atoms with Crippen LogP contribution in [0, 0.1) is 23.3 Å². The van der Waals surface area contributed by atoms with Crippen LogP contribution in [0.3, 0.4) is 0 Å². The maximum Gasteiger partial charge on any atom is 0.312 e. The third-order valence-electron chi connectivity index (χ3n) is 4.39. The Morgan fingerprint density at radius 3 is 2.07 bits per heavy atom. The highest BCUT2D eigenvalue weighted by molar-refractivity contribution is 6.30. The quantitative estimate of drug-likeness (QED) is 0.396. The number of carboxylic acid groups (broad SMARTS) is 1. The van der Waals surface area contributed by atoms with Crippen LogP contribution in [0.25, 0.3) is 0 Å². The van der Waals surface area contributed by atoms with Crippen molar-refractivity contribution in [3.8, 4) is 5.75 Å². The first-order valence-corrected chi connectivity index (χ1v) is 8.39. The summed E-state index contributed by atoms with van der Waals surface area (Å²) in [4.78, 5) is 12.0. The summed E-state index contributed by atoms with van der Waals surface area (Å²) in [7, 11) is 0. The molecule has 0 spiro atoms. The zero-order valence-corrected chi connectivity index (χ0v) is 15.5. The fourth-order valence-corrected chi connectivity index (χ4v) is 3.14. The lowest BCUT2D eigenvalue weighted by molar-refractivity contribution is -0.140. The topological polar surface area (TPSA) is 46.5 Å². The van der Waals surface area contributed by atoms with Gasteiger partial charge in [-0.3, -0.25) is 4.79 Å². The lowest BCUT2D eigenvalue weighted by atomic mass is 9.70. The van der Waals surface area contributed by atoms with Crippen LogP contribution in [-0.4, -0.2) is 17.7 Å². The zero-order valence-electron chi connectivity index (χ0n) is 14.7. The molecule has 2 rings (SSSR count). The zero-order chi connectivity index (χ0) is 20.5. The molecule has 0 aromatic heterocycles. The molecule has 3 nitrogen and oxygen atoms in total. The third kappa shape index (κ3) is 3.74. The van der Waals surface area contributed by atoms with Gasteiger partial charge in [0.1, 0.15) is 0 Å². The largest absolute Gasteiger partial charge is 0.490 e. The molecular weight excluding hydrogens is 388 g/mol. The molecule has 0 saturated heterocycles. The average Bonchev–Trinajstić information content (AvgIpc) is 2.60. The molecule has 2 aromatic rings. The van der Waals surface area contributed by atoms with Gasteiger partial charge in [-0.15, -0.1) is 0 Å². The van der Waals surface area contributed by atoms with Gasteiger partial charge < -0.3 is 9.84 Å². The number of hydrogen-bond donors (Lipinski definition) is 1. The van der Waals surface area contributed by atoms with E-state index in [-0.39, 0.29) is 6.61 Å². The van der Waals surface area contributed by atoms with E-state index >= 15 is 0 Å². The molecule has 0 heterocycles. The smallest absolute Gasteiger partial charge is 0.312 e. The minimum atomic E-state index is -2.09. The van der Waals surface area contributed by atoms with E-state index in [0.717, 1.165) is 0 Å². The molecule has 0 aliphatic carbocycles. The fourth-order valence-electron chi connectivity index (χ4n) is 3.01. The molecule has 0 amide bonds. The second-order valence-electron chi connectivity index (χ2n) is 6.43. The number of benzene rings is 2. The molecule has 1 unspecified atom stereocenters. The maximum atomic E-state index is 14.6. The lowest BCUT2D eigenvalue weighted by Crippen LogP contribution is -2.34. The minimum Gasteiger partial charge on any atom is -0.490 e. The average molecular weight is 405 g/mol. The van der Waals surface area contributed by atoms with E-state index < -0.39 is 51.9 Å². The third-order valence-corrected chi connectivity index (χ3v) is 4.64. The number of rotatable bonds is 6. The van der Waals surface area contributed by atoms with E-state index in [9.17, 15) is 27.5 Å². The lowest BCUT2D eigenvalue weighted by Gasteiger charge is -2.33. The van der Waals surface area contributed by atoms with Crippen molar-refractivity contribution in [1.82, 2.24) is 0 Å². The van der Waals surface area contributed by atoms with E-state index in [4.69, 9.17) is 16.3 Å². The van der Waals surface area contributed by atoms with E-state index in [2.05, 4.69) is 0 Å². The van der Waals surface area contributed by atoms with Gasteiger partial charge in [0.25, 0.3) is 0 Å². The molecule has 2 aromatic carbocycles. The molecule has 1 atom stereocenters. The Morgan fingerprint density at radius 1 is 1.07 bits per heavy atom. The molecule has 0 fully saturated rings. The van der Waals surface area contributed by atoms with Crippen molar-refractivity contribution in [1.29, 1.82) is 0 Å². The molecule has 0 radical (unpaired) electrons. The van der Waals surface area contributed by atoms with Crippen molar-refractivity contribution in [2.45, 2.75) is 32.1 Å². The van der Waals surface area contributed by atoms with Crippen LogP contribution in [0.5, 0.6) is 5.75 Å². The van der Waals surface area contributed by atoms with Gasteiger partial charge in [0, 0.05) is 10.4 Å². The number of halogens is 5. The minimum absolute atomic E-state index is 0.206. The molecule has 0 bridgehead atoms. The van der Waals surface area contributed by atoms with Gasteiger partial charge in [0.05, 0.1) is 18.1 Å². The van der Waals surface area contributed by atoms with Gasteiger partial charge in [-0.2, -0.15) is 4.39 Å². The van der Waals surface area contributed by atoms with Crippen molar-refractivity contribution >= 4 is 17.6 Å². The maximum absolute atomic E-state index is 14.6. The first-order valence-electron chi connectivity index (χ1n) is 8.01.